The number of allylic oxidation sites excluding steroid dienone is 2. The highest BCUT2D eigenvalue weighted by molar-refractivity contribution is 9.10. The summed E-state index contributed by atoms with van der Waals surface area (Å²) in [4.78, 5) is 60.0. The first-order chi connectivity index (χ1) is 25.4. The Morgan fingerprint density at radius 2 is 1.64 bits per heavy atom. The minimum absolute atomic E-state index is 0.0334. The zero-order valence-corrected chi connectivity index (χ0v) is 31.4. The lowest BCUT2D eigenvalue weighted by Crippen LogP contribution is -2.53. The average molecular weight is 820 g/mol. The SMILES string of the molecule is COc1cc(Br)cc(C2C3=CCC4C(=O)N(c5ccc(C)c(Cl)c5)C(=O)C4C3CC3C(=O)N(Nc4ccc(F)cc4)C(=O)C32c2ccc(Cl)cc2)c1O. The molecule has 4 aromatic rings. The van der Waals surface area contributed by atoms with Gasteiger partial charge in [0.15, 0.2) is 11.5 Å². The van der Waals surface area contributed by atoms with Gasteiger partial charge in [-0.3, -0.25) is 24.6 Å². The smallest absolute Gasteiger partial charge is 0.260 e. The number of nitrogens with zero attached hydrogens (tertiary/aromatic N) is 2. The van der Waals surface area contributed by atoms with Gasteiger partial charge in [-0.2, -0.15) is 5.01 Å². The number of carbonyl (C=O) groups is 4. The summed E-state index contributed by atoms with van der Waals surface area (Å²) in [5.74, 6) is -7.02. The van der Waals surface area contributed by atoms with Gasteiger partial charge in [0, 0.05) is 26.0 Å². The van der Waals surface area contributed by atoms with Crippen LogP contribution >= 0.6 is 39.1 Å². The molecule has 4 aromatic carbocycles. The van der Waals surface area contributed by atoms with E-state index in [-0.39, 0.29) is 35.8 Å². The zero-order valence-electron chi connectivity index (χ0n) is 28.3. The number of hydrogen-bond acceptors (Lipinski definition) is 7. The molecule has 4 aliphatic rings. The Balaban J connectivity index is 1.35. The highest BCUT2D eigenvalue weighted by Gasteiger charge is 2.70. The number of imide groups is 2. The standard InChI is InChI=1S/C40H31BrCl2FN3O6/c1-19-3-12-25(17-31(19)43)46-36(49)27-14-13-26-28(33(27)38(46)51)18-30-37(50)47(45-24-10-8-23(44)9-11-24)39(52)40(30,20-4-6-22(42)7-5-20)34(26)29-15-21(41)16-32(53-2)35(29)48/h3-13,15-17,27-28,30,33-34,45,48H,14,18H2,1-2H3. The molecule has 0 bridgehead atoms. The van der Waals surface area contributed by atoms with Gasteiger partial charge < -0.3 is 9.84 Å². The Kier molecular flexibility index (Phi) is 8.66. The van der Waals surface area contributed by atoms with E-state index in [4.69, 9.17) is 27.9 Å². The van der Waals surface area contributed by atoms with Crippen molar-refractivity contribution < 1.29 is 33.4 Å². The average Bonchev–Trinajstić information content (AvgIpc) is 3.52. The summed E-state index contributed by atoms with van der Waals surface area (Å²) in [6.45, 7) is 1.82. The highest BCUT2D eigenvalue weighted by atomic mass is 79.9. The van der Waals surface area contributed by atoms with E-state index in [9.17, 15) is 23.9 Å². The van der Waals surface area contributed by atoms with Crippen molar-refractivity contribution in [1.29, 1.82) is 0 Å². The first kappa shape index (κ1) is 35.3. The number of benzene rings is 4. The molecular weight excluding hydrogens is 788 g/mol. The van der Waals surface area contributed by atoms with Crippen molar-refractivity contribution >= 4 is 74.1 Å². The molecule has 1 saturated carbocycles. The summed E-state index contributed by atoms with van der Waals surface area (Å²) < 4.78 is 20.0. The first-order valence-electron chi connectivity index (χ1n) is 16.9. The molecule has 13 heteroatoms. The Hall–Kier alpha value is -4.71. The lowest BCUT2D eigenvalue weighted by Gasteiger charge is -2.50. The van der Waals surface area contributed by atoms with E-state index >= 15 is 4.79 Å². The molecular formula is C40H31BrCl2FN3O6. The number of methoxy groups -OCH3 is 1. The van der Waals surface area contributed by atoms with Crippen LogP contribution in [-0.2, 0) is 24.6 Å². The number of amides is 4. The number of ether oxygens (including phenoxy) is 1. The van der Waals surface area contributed by atoms with Crippen molar-refractivity contribution in [2.24, 2.45) is 23.7 Å². The van der Waals surface area contributed by atoms with Crippen LogP contribution in [0.25, 0.3) is 0 Å². The second-order valence-corrected chi connectivity index (χ2v) is 15.6. The number of carbonyl (C=O) groups excluding carboxylic acids is 4. The summed E-state index contributed by atoms with van der Waals surface area (Å²) in [6.07, 6.45) is 2.11. The second-order valence-electron chi connectivity index (χ2n) is 13.9. The predicted molar refractivity (Wildman–Crippen MR) is 200 cm³/mol. The quantitative estimate of drug-likeness (QED) is 0.149. The molecule has 270 valence electrons. The first-order valence-corrected chi connectivity index (χ1v) is 18.5. The maximum Gasteiger partial charge on any atom is 0.260 e. The Bertz CT molecular complexity index is 2270. The van der Waals surface area contributed by atoms with Gasteiger partial charge in [0.1, 0.15) is 5.82 Å². The van der Waals surface area contributed by atoms with Gasteiger partial charge in [0.25, 0.3) is 11.8 Å². The van der Waals surface area contributed by atoms with Crippen molar-refractivity contribution in [1.82, 2.24) is 5.01 Å². The third-order valence-electron chi connectivity index (χ3n) is 11.3. The fraction of sp³-hybridized carbons (Fsp3) is 0.250. The minimum Gasteiger partial charge on any atom is -0.504 e. The monoisotopic (exact) mass is 817 g/mol. The van der Waals surface area contributed by atoms with Crippen LogP contribution in [0, 0.1) is 36.4 Å². The molecule has 53 heavy (non-hydrogen) atoms. The number of hydrazine groups is 1. The molecule has 9 nitrogen and oxygen atoms in total. The summed E-state index contributed by atoms with van der Waals surface area (Å²) in [5, 5.41) is 13.6. The molecule has 2 heterocycles. The van der Waals surface area contributed by atoms with Crippen molar-refractivity contribution in [3.05, 3.63) is 128 Å². The van der Waals surface area contributed by atoms with E-state index in [1.807, 2.05) is 13.0 Å². The maximum absolute atomic E-state index is 15.3. The number of nitrogens with one attached hydrogen (secondary N) is 1. The summed E-state index contributed by atoms with van der Waals surface area (Å²) in [5.41, 5.74) is 4.06. The molecule has 0 aromatic heterocycles. The fourth-order valence-electron chi connectivity index (χ4n) is 8.95. The Morgan fingerprint density at radius 1 is 0.925 bits per heavy atom. The molecule has 0 spiro atoms. The van der Waals surface area contributed by atoms with E-state index in [0.29, 0.717) is 37.0 Å². The molecule has 2 aliphatic carbocycles. The highest BCUT2D eigenvalue weighted by Crippen LogP contribution is 2.65. The van der Waals surface area contributed by atoms with Gasteiger partial charge in [-0.15, -0.1) is 0 Å². The van der Waals surface area contributed by atoms with Crippen LogP contribution in [0.4, 0.5) is 15.8 Å². The number of aromatic hydroxyl groups is 1. The Morgan fingerprint density at radius 3 is 2.32 bits per heavy atom. The third kappa shape index (κ3) is 5.30. The lowest BCUT2D eigenvalue weighted by atomic mass is 9.49. The fourth-order valence-corrected chi connectivity index (χ4v) is 9.70. The largest absolute Gasteiger partial charge is 0.504 e. The number of phenols is 1. The molecule has 3 fully saturated rings. The van der Waals surface area contributed by atoms with Gasteiger partial charge >= 0.3 is 0 Å². The van der Waals surface area contributed by atoms with Gasteiger partial charge in [-0.05, 0) is 97.5 Å². The molecule has 2 aliphatic heterocycles. The number of fused-ring (bicyclic) bond motifs is 4. The van der Waals surface area contributed by atoms with E-state index in [1.165, 1.54) is 36.3 Å². The number of halogens is 4. The van der Waals surface area contributed by atoms with Crippen molar-refractivity contribution in [3.63, 3.8) is 0 Å². The van der Waals surface area contributed by atoms with Crippen molar-refractivity contribution in [2.45, 2.75) is 31.1 Å². The Labute approximate surface area is 322 Å². The van der Waals surface area contributed by atoms with Gasteiger partial charge in [0.05, 0.1) is 41.7 Å². The van der Waals surface area contributed by atoms with Crippen molar-refractivity contribution in [2.75, 3.05) is 17.4 Å². The number of hydrogen-bond donors (Lipinski definition) is 2. The predicted octanol–water partition coefficient (Wildman–Crippen LogP) is 8.11. The molecule has 2 N–H and O–H groups in total. The van der Waals surface area contributed by atoms with Gasteiger partial charge in [-0.1, -0.05) is 69.0 Å². The number of aryl methyl sites for hydroxylation is 1. The second kappa shape index (κ2) is 13.0. The summed E-state index contributed by atoms with van der Waals surface area (Å²) in [6, 6.07) is 20.2. The van der Waals surface area contributed by atoms with Crippen LogP contribution in [0.1, 0.15) is 35.4 Å². The maximum atomic E-state index is 15.3. The van der Waals surface area contributed by atoms with Crippen LogP contribution in [0.5, 0.6) is 11.5 Å². The van der Waals surface area contributed by atoms with E-state index < -0.39 is 58.5 Å². The van der Waals surface area contributed by atoms with Gasteiger partial charge in [-0.25, -0.2) is 9.29 Å². The normalized spacial score (nSPS) is 26.3. The molecule has 8 rings (SSSR count). The molecule has 6 atom stereocenters. The zero-order chi connectivity index (χ0) is 37.5. The minimum atomic E-state index is -1.68. The van der Waals surface area contributed by atoms with E-state index in [0.717, 1.165) is 10.6 Å². The third-order valence-corrected chi connectivity index (χ3v) is 12.4. The molecule has 0 radical (unpaired) electrons. The number of phenolic OH excluding ortho intramolecular Hbond substituents is 1. The van der Waals surface area contributed by atoms with Crippen LogP contribution in [0.15, 0.2) is 95.0 Å². The van der Waals surface area contributed by atoms with Crippen LogP contribution in [0.2, 0.25) is 10.0 Å². The van der Waals surface area contributed by atoms with E-state index in [2.05, 4.69) is 21.4 Å². The number of rotatable bonds is 6. The van der Waals surface area contributed by atoms with Crippen LogP contribution in [-0.4, -0.2) is 40.9 Å². The summed E-state index contributed by atoms with van der Waals surface area (Å²) >= 11 is 16.4. The summed E-state index contributed by atoms with van der Waals surface area (Å²) in [7, 11) is 1.41. The topological polar surface area (TPSA) is 116 Å². The van der Waals surface area contributed by atoms with Gasteiger partial charge in [0.2, 0.25) is 11.8 Å². The molecule has 6 unspecified atom stereocenters. The lowest BCUT2D eigenvalue weighted by molar-refractivity contribution is -0.138. The molecule has 4 amide bonds. The van der Waals surface area contributed by atoms with Crippen molar-refractivity contribution in [3.8, 4) is 11.5 Å². The number of anilines is 2. The van der Waals surface area contributed by atoms with E-state index in [1.54, 1.807) is 54.6 Å². The molecule has 2 saturated heterocycles. The van der Waals surface area contributed by atoms with Crippen LogP contribution in [0.3, 0.4) is 0 Å². The van der Waals surface area contributed by atoms with Crippen LogP contribution < -0.4 is 15.1 Å².